The van der Waals surface area contributed by atoms with Gasteiger partial charge in [0.2, 0.25) is 5.91 Å². The molecule has 1 unspecified atom stereocenters. The van der Waals surface area contributed by atoms with Crippen LogP contribution in [-0.2, 0) is 4.79 Å². The third-order valence-electron chi connectivity index (χ3n) is 4.09. The lowest BCUT2D eigenvalue weighted by Gasteiger charge is -2.37. The quantitative estimate of drug-likeness (QED) is 0.930. The van der Waals surface area contributed by atoms with Gasteiger partial charge >= 0.3 is 0 Å². The summed E-state index contributed by atoms with van der Waals surface area (Å²) in [5.41, 5.74) is 0.939. The fourth-order valence-corrected chi connectivity index (χ4v) is 2.81. The maximum atomic E-state index is 12.3. The van der Waals surface area contributed by atoms with Crippen molar-refractivity contribution in [3.8, 4) is 0 Å². The molecule has 0 spiro atoms. The Morgan fingerprint density at radius 2 is 2.05 bits per heavy atom. The van der Waals surface area contributed by atoms with Crippen molar-refractivity contribution in [1.82, 2.24) is 15.2 Å². The van der Waals surface area contributed by atoms with Crippen LogP contribution in [0, 0.1) is 5.41 Å². The van der Waals surface area contributed by atoms with E-state index in [4.69, 9.17) is 0 Å². The second kappa shape index (κ2) is 6.56. The summed E-state index contributed by atoms with van der Waals surface area (Å²) in [6.45, 7) is 9.85. The molecule has 116 valence electrons. The molecule has 1 N–H and O–H groups in total. The third-order valence-corrected chi connectivity index (χ3v) is 4.09. The lowest BCUT2D eigenvalue weighted by molar-refractivity contribution is -0.140. The van der Waals surface area contributed by atoms with Crippen molar-refractivity contribution in [2.45, 2.75) is 52.6 Å². The van der Waals surface area contributed by atoms with Gasteiger partial charge in [-0.1, -0.05) is 26.8 Å². The summed E-state index contributed by atoms with van der Waals surface area (Å²) in [6.07, 6.45) is 5.75. The highest BCUT2D eigenvalue weighted by molar-refractivity contribution is 5.81. The first-order valence-electron chi connectivity index (χ1n) is 7.83. The van der Waals surface area contributed by atoms with Crippen LogP contribution in [0.15, 0.2) is 24.5 Å². The summed E-state index contributed by atoms with van der Waals surface area (Å²) in [7, 11) is 0. The molecule has 1 atom stereocenters. The molecular weight excluding hydrogens is 262 g/mol. The van der Waals surface area contributed by atoms with E-state index < -0.39 is 0 Å². The summed E-state index contributed by atoms with van der Waals surface area (Å²) >= 11 is 0. The zero-order valence-corrected chi connectivity index (χ0v) is 13.6. The Kier molecular flexibility index (Phi) is 4.99. The first-order chi connectivity index (χ1) is 9.88. The number of carbonyl (C=O) groups is 1. The van der Waals surface area contributed by atoms with Crippen molar-refractivity contribution in [2.75, 3.05) is 13.1 Å². The summed E-state index contributed by atoms with van der Waals surface area (Å²) in [5.74, 6) is 0.265. The van der Waals surface area contributed by atoms with Crippen molar-refractivity contribution in [3.63, 3.8) is 0 Å². The van der Waals surface area contributed by atoms with Gasteiger partial charge < -0.3 is 10.2 Å². The van der Waals surface area contributed by atoms with Gasteiger partial charge in [0.05, 0.1) is 0 Å². The molecule has 1 saturated heterocycles. The van der Waals surface area contributed by atoms with Gasteiger partial charge in [-0.2, -0.15) is 0 Å². The second-order valence-corrected chi connectivity index (χ2v) is 6.99. The van der Waals surface area contributed by atoms with Gasteiger partial charge in [-0.25, -0.2) is 0 Å². The van der Waals surface area contributed by atoms with Gasteiger partial charge in [0, 0.05) is 43.0 Å². The molecule has 0 saturated carbocycles. The predicted molar refractivity (Wildman–Crippen MR) is 84.8 cm³/mol. The Bertz CT molecular complexity index is 459. The van der Waals surface area contributed by atoms with Crippen LogP contribution < -0.4 is 5.32 Å². The number of likely N-dealkylation sites (tertiary alicyclic amines) is 1. The van der Waals surface area contributed by atoms with Crippen LogP contribution in [-0.4, -0.2) is 34.9 Å². The Balaban J connectivity index is 1.83. The Labute approximate surface area is 127 Å². The number of pyridine rings is 1. The molecule has 1 amide bonds. The van der Waals surface area contributed by atoms with E-state index in [1.165, 1.54) is 5.56 Å². The predicted octanol–water partition coefficient (Wildman–Crippen LogP) is 2.77. The SMILES string of the molecule is CC(NC1CCN(C(=O)C(C)(C)C)CC1)c1cccnc1. The molecule has 21 heavy (non-hydrogen) atoms. The van der Waals surface area contributed by atoms with E-state index in [2.05, 4.69) is 23.3 Å². The number of nitrogens with one attached hydrogen (secondary N) is 1. The lowest BCUT2D eigenvalue weighted by Crippen LogP contribution is -2.48. The van der Waals surface area contributed by atoms with Crippen LogP contribution >= 0.6 is 0 Å². The van der Waals surface area contributed by atoms with Crippen molar-refractivity contribution in [1.29, 1.82) is 0 Å². The molecule has 1 aliphatic heterocycles. The molecule has 4 heteroatoms. The van der Waals surface area contributed by atoms with Crippen LogP contribution in [0.25, 0.3) is 0 Å². The smallest absolute Gasteiger partial charge is 0.227 e. The number of piperidine rings is 1. The highest BCUT2D eigenvalue weighted by atomic mass is 16.2. The molecule has 0 aliphatic carbocycles. The van der Waals surface area contributed by atoms with E-state index in [9.17, 15) is 4.79 Å². The minimum absolute atomic E-state index is 0.265. The molecule has 2 heterocycles. The average Bonchev–Trinajstić information content (AvgIpc) is 2.47. The Hall–Kier alpha value is -1.42. The second-order valence-electron chi connectivity index (χ2n) is 6.99. The fourth-order valence-electron chi connectivity index (χ4n) is 2.81. The monoisotopic (exact) mass is 289 g/mol. The molecule has 4 nitrogen and oxygen atoms in total. The van der Waals surface area contributed by atoms with E-state index in [0.717, 1.165) is 25.9 Å². The summed E-state index contributed by atoms with van der Waals surface area (Å²) in [4.78, 5) is 18.4. The highest BCUT2D eigenvalue weighted by Gasteiger charge is 2.30. The molecule has 0 bridgehead atoms. The third kappa shape index (κ3) is 4.27. The van der Waals surface area contributed by atoms with Gasteiger partial charge in [0.25, 0.3) is 0 Å². The number of rotatable bonds is 3. The largest absolute Gasteiger partial charge is 0.342 e. The van der Waals surface area contributed by atoms with Crippen LogP contribution in [0.2, 0.25) is 0 Å². The Morgan fingerprint density at radius 1 is 1.38 bits per heavy atom. The normalized spacial score (nSPS) is 18.6. The first-order valence-corrected chi connectivity index (χ1v) is 7.83. The first kappa shape index (κ1) is 16.0. The molecule has 1 fully saturated rings. The number of hydrogen-bond acceptors (Lipinski definition) is 3. The number of carbonyl (C=O) groups excluding carboxylic acids is 1. The number of amides is 1. The average molecular weight is 289 g/mol. The maximum Gasteiger partial charge on any atom is 0.227 e. The van der Waals surface area contributed by atoms with Gasteiger partial charge in [-0.15, -0.1) is 0 Å². The summed E-state index contributed by atoms with van der Waals surface area (Å²) in [6, 6.07) is 4.85. The van der Waals surface area contributed by atoms with Crippen molar-refractivity contribution in [3.05, 3.63) is 30.1 Å². The maximum absolute atomic E-state index is 12.3. The summed E-state index contributed by atoms with van der Waals surface area (Å²) < 4.78 is 0. The lowest BCUT2D eigenvalue weighted by atomic mass is 9.92. The number of hydrogen-bond donors (Lipinski definition) is 1. The van der Waals surface area contributed by atoms with Crippen LogP contribution in [0.4, 0.5) is 0 Å². The van der Waals surface area contributed by atoms with E-state index >= 15 is 0 Å². The topological polar surface area (TPSA) is 45.2 Å². The van der Waals surface area contributed by atoms with Crippen LogP contribution in [0.1, 0.15) is 52.1 Å². The zero-order valence-electron chi connectivity index (χ0n) is 13.6. The van der Waals surface area contributed by atoms with Crippen molar-refractivity contribution >= 4 is 5.91 Å². The van der Waals surface area contributed by atoms with Gasteiger partial charge in [0.15, 0.2) is 0 Å². The molecule has 2 rings (SSSR count). The van der Waals surface area contributed by atoms with Crippen LogP contribution in [0.5, 0.6) is 0 Å². The molecule has 0 radical (unpaired) electrons. The van der Waals surface area contributed by atoms with E-state index in [-0.39, 0.29) is 11.3 Å². The van der Waals surface area contributed by atoms with E-state index in [0.29, 0.717) is 12.1 Å². The number of nitrogens with zero attached hydrogens (tertiary/aromatic N) is 2. The minimum atomic E-state index is -0.275. The zero-order chi connectivity index (χ0) is 15.5. The van der Waals surface area contributed by atoms with Crippen molar-refractivity contribution in [2.24, 2.45) is 5.41 Å². The molecule has 1 aliphatic rings. The highest BCUT2D eigenvalue weighted by Crippen LogP contribution is 2.22. The van der Waals surface area contributed by atoms with Gasteiger partial charge in [0.1, 0.15) is 0 Å². The standard InChI is InChI=1S/C17H27N3O/c1-13(14-6-5-9-18-12-14)19-15-7-10-20(11-8-15)16(21)17(2,3)4/h5-6,9,12-13,15,19H,7-8,10-11H2,1-4H3. The fraction of sp³-hybridized carbons (Fsp3) is 0.647. The number of aromatic nitrogens is 1. The molecule has 1 aromatic heterocycles. The molecule has 0 aromatic carbocycles. The van der Waals surface area contributed by atoms with Crippen molar-refractivity contribution < 1.29 is 4.79 Å². The van der Waals surface area contributed by atoms with Gasteiger partial charge in [-0.05, 0) is 31.4 Å². The van der Waals surface area contributed by atoms with E-state index in [1.54, 1.807) is 6.20 Å². The Morgan fingerprint density at radius 3 is 2.57 bits per heavy atom. The van der Waals surface area contributed by atoms with Gasteiger partial charge in [-0.3, -0.25) is 9.78 Å². The molecule has 1 aromatic rings. The molecular formula is C17H27N3O. The van der Waals surface area contributed by atoms with Crippen LogP contribution in [0.3, 0.4) is 0 Å². The summed E-state index contributed by atoms with van der Waals surface area (Å²) in [5, 5.41) is 3.66. The van der Waals surface area contributed by atoms with E-state index in [1.807, 2.05) is 37.9 Å². The minimum Gasteiger partial charge on any atom is -0.342 e.